The Morgan fingerprint density at radius 1 is 0.917 bits per heavy atom. The minimum Gasteiger partial charge on any atom is -0.350 e. The predicted octanol–water partition coefficient (Wildman–Crippen LogP) is 2.25. The third-order valence-corrected chi connectivity index (χ3v) is 3.43. The van der Waals surface area contributed by atoms with Crippen molar-refractivity contribution in [2.24, 2.45) is 0 Å². The molecule has 2 rings (SSSR count). The van der Waals surface area contributed by atoms with Gasteiger partial charge in [0.15, 0.2) is 0 Å². The fraction of sp³-hybridized carbons (Fsp3) is 0.222. The normalized spacial score (nSPS) is 10.1. The third-order valence-electron chi connectivity index (χ3n) is 3.43. The zero-order valence-electron chi connectivity index (χ0n) is 13.4. The van der Waals surface area contributed by atoms with Crippen molar-refractivity contribution in [3.05, 3.63) is 71.0 Å². The third kappa shape index (κ3) is 5.72. The fourth-order valence-corrected chi connectivity index (χ4v) is 2.01. The molecule has 24 heavy (non-hydrogen) atoms. The summed E-state index contributed by atoms with van der Waals surface area (Å²) in [5.41, 5.74) is 2.19. The Kier molecular flexibility index (Phi) is 6.31. The molecule has 0 saturated carbocycles. The minimum absolute atomic E-state index is 0.144. The molecule has 0 aliphatic carbocycles. The molecule has 0 aliphatic rings. The summed E-state index contributed by atoms with van der Waals surface area (Å²) >= 11 is 0. The summed E-state index contributed by atoms with van der Waals surface area (Å²) < 4.78 is 13.4. The number of rotatable bonds is 6. The summed E-state index contributed by atoms with van der Waals surface area (Å²) in [5, 5.41) is 7.76. The molecule has 0 aliphatic heterocycles. The molecule has 3 N–H and O–H groups in total. The summed E-state index contributed by atoms with van der Waals surface area (Å²) in [6, 6.07) is 13.8. The zero-order chi connectivity index (χ0) is 17.4. The van der Waals surface area contributed by atoms with Crippen LogP contribution in [0, 0.1) is 12.7 Å². The second kappa shape index (κ2) is 8.67. The molecule has 2 aromatic carbocycles. The lowest BCUT2D eigenvalue weighted by atomic mass is 10.1. The van der Waals surface area contributed by atoms with Crippen LogP contribution in [0.1, 0.15) is 16.7 Å². The first-order chi connectivity index (χ1) is 11.5. The number of carbonyl (C=O) groups is 2. The molecular weight excluding hydrogens is 309 g/mol. The van der Waals surface area contributed by atoms with Crippen LogP contribution in [0.3, 0.4) is 0 Å². The first-order valence-electron chi connectivity index (χ1n) is 7.62. The maximum atomic E-state index is 13.4. The van der Waals surface area contributed by atoms with E-state index >= 15 is 0 Å². The van der Waals surface area contributed by atoms with Gasteiger partial charge in [0.2, 0.25) is 5.91 Å². The first kappa shape index (κ1) is 17.5. The lowest BCUT2D eigenvalue weighted by Crippen LogP contribution is -2.41. The SMILES string of the molecule is Cc1ccc(CNC(=O)CNC(=O)NCc2ccccc2)cc1F. The van der Waals surface area contributed by atoms with E-state index in [-0.39, 0.29) is 24.8 Å². The number of hydrogen-bond donors (Lipinski definition) is 3. The minimum atomic E-state index is -0.421. The van der Waals surface area contributed by atoms with Gasteiger partial charge in [0.25, 0.3) is 0 Å². The van der Waals surface area contributed by atoms with E-state index in [9.17, 15) is 14.0 Å². The van der Waals surface area contributed by atoms with Crippen molar-refractivity contribution < 1.29 is 14.0 Å². The van der Waals surface area contributed by atoms with E-state index in [1.165, 1.54) is 6.07 Å². The molecule has 0 radical (unpaired) electrons. The van der Waals surface area contributed by atoms with E-state index in [1.807, 2.05) is 30.3 Å². The molecule has 3 amide bonds. The van der Waals surface area contributed by atoms with Crippen LogP contribution in [0.15, 0.2) is 48.5 Å². The van der Waals surface area contributed by atoms with Gasteiger partial charge in [0, 0.05) is 13.1 Å². The second-order valence-electron chi connectivity index (χ2n) is 5.38. The van der Waals surface area contributed by atoms with Crippen LogP contribution >= 0.6 is 0 Å². The number of amides is 3. The number of halogens is 1. The van der Waals surface area contributed by atoms with Crippen LogP contribution in [-0.4, -0.2) is 18.5 Å². The van der Waals surface area contributed by atoms with Crippen molar-refractivity contribution in [1.82, 2.24) is 16.0 Å². The van der Waals surface area contributed by atoms with E-state index in [0.29, 0.717) is 17.7 Å². The van der Waals surface area contributed by atoms with Crippen LogP contribution in [-0.2, 0) is 17.9 Å². The van der Waals surface area contributed by atoms with Crippen molar-refractivity contribution >= 4 is 11.9 Å². The predicted molar refractivity (Wildman–Crippen MR) is 89.7 cm³/mol. The van der Waals surface area contributed by atoms with Crippen LogP contribution in [0.25, 0.3) is 0 Å². The molecule has 0 bridgehead atoms. The highest BCUT2D eigenvalue weighted by molar-refractivity contribution is 5.83. The highest BCUT2D eigenvalue weighted by Gasteiger charge is 2.06. The van der Waals surface area contributed by atoms with Crippen molar-refractivity contribution in [3.63, 3.8) is 0 Å². The van der Waals surface area contributed by atoms with Gasteiger partial charge >= 0.3 is 6.03 Å². The quantitative estimate of drug-likeness (QED) is 0.761. The zero-order valence-corrected chi connectivity index (χ0v) is 13.4. The second-order valence-corrected chi connectivity index (χ2v) is 5.38. The largest absolute Gasteiger partial charge is 0.350 e. The Bertz CT molecular complexity index is 705. The highest BCUT2D eigenvalue weighted by Crippen LogP contribution is 2.08. The maximum Gasteiger partial charge on any atom is 0.315 e. The van der Waals surface area contributed by atoms with Gasteiger partial charge in [-0.1, -0.05) is 42.5 Å². The average molecular weight is 329 g/mol. The Labute approximate surface area is 140 Å². The van der Waals surface area contributed by atoms with Gasteiger partial charge in [-0.25, -0.2) is 9.18 Å². The number of hydrogen-bond acceptors (Lipinski definition) is 2. The summed E-state index contributed by atoms with van der Waals surface area (Å²) in [5.74, 6) is -0.647. The molecule has 0 heterocycles. The number of nitrogens with one attached hydrogen (secondary N) is 3. The van der Waals surface area contributed by atoms with Crippen LogP contribution in [0.2, 0.25) is 0 Å². The lowest BCUT2D eigenvalue weighted by Gasteiger charge is -2.09. The Morgan fingerprint density at radius 3 is 2.33 bits per heavy atom. The summed E-state index contributed by atoms with van der Waals surface area (Å²) in [6.07, 6.45) is 0. The van der Waals surface area contributed by atoms with E-state index in [0.717, 1.165) is 5.56 Å². The molecule has 126 valence electrons. The Hall–Kier alpha value is -2.89. The molecular formula is C18H20FN3O2. The lowest BCUT2D eigenvalue weighted by molar-refractivity contribution is -0.120. The van der Waals surface area contributed by atoms with Crippen molar-refractivity contribution in [1.29, 1.82) is 0 Å². The van der Waals surface area contributed by atoms with Gasteiger partial charge in [-0.15, -0.1) is 0 Å². The highest BCUT2D eigenvalue weighted by atomic mass is 19.1. The summed E-state index contributed by atoms with van der Waals surface area (Å²) in [4.78, 5) is 23.3. The van der Waals surface area contributed by atoms with E-state index in [2.05, 4.69) is 16.0 Å². The molecule has 5 nitrogen and oxygen atoms in total. The van der Waals surface area contributed by atoms with Gasteiger partial charge in [-0.3, -0.25) is 4.79 Å². The van der Waals surface area contributed by atoms with Crippen molar-refractivity contribution in [3.8, 4) is 0 Å². The van der Waals surface area contributed by atoms with Crippen LogP contribution in [0.5, 0.6) is 0 Å². The smallest absolute Gasteiger partial charge is 0.315 e. The van der Waals surface area contributed by atoms with E-state index in [4.69, 9.17) is 0 Å². The standard InChI is InChI=1S/C18H20FN3O2/c1-13-7-8-15(9-16(13)19)11-20-17(23)12-22-18(24)21-10-14-5-3-2-4-6-14/h2-9H,10-12H2,1H3,(H,20,23)(H2,21,22,24). The van der Waals surface area contributed by atoms with Crippen LogP contribution < -0.4 is 16.0 Å². The number of urea groups is 1. The summed E-state index contributed by atoms with van der Waals surface area (Å²) in [6.45, 7) is 2.13. The molecule has 0 atom stereocenters. The molecule has 2 aromatic rings. The number of aryl methyl sites for hydroxylation is 1. The van der Waals surface area contributed by atoms with Crippen LogP contribution in [0.4, 0.5) is 9.18 Å². The first-order valence-corrected chi connectivity index (χ1v) is 7.62. The number of carbonyl (C=O) groups excluding carboxylic acids is 2. The van der Waals surface area contributed by atoms with E-state index in [1.54, 1.807) is 19.1 Å². The monoisotopic (exact) mass is 329 g/mol. The fourth-order valence-electron chi connectivity index (χ4n) is 2.01. The average Bonchev–Trinajstić information content (AvgIpc) is 2.60. The molecule has 0 unspecified atom stereocenters. The summed E-state index contributed by atoms with van der Waals surface area (Å²) in [7, 11) is 0. The molecule has 0 spiro atoms. The van der Waals surface area contributed by atoms with Gasteiger partial charge < -0.3 is 16.0 Å². The molecule has 6 heteroatoms. The van der Waals surface area contributed by atoms with Gasteiger partial charge in [0.05, 0.1) is 6.54 Å². The van der Waals surface area contributed by atoms with E-state index < -0.39 is 6.03 Å². The maximum absolute atomic E-state index is 13.4. The number of benzene rings is 2. The van der Waals surface area contributed by atoms with Gasteiger partial charge in [-0.05, 0) is 29.7 Å². The Balaban J connectivity index is 1.67. The Morgan fingerprint density at radius 2 is 1.62 bits per heavy atom. The molecule has 0 fully saturated rings. The van der Waals surface area contributed by atoms with Crippen molar-refractivity contribution in [2.45, 2.75) is 20.0 Å². The molecule has 0 aromatic heterocycles. The molecule has 0 saturated heterocycles. The van der Waals surface area contributed by atoms with Gasteiger partial charge in [-0.2, -0.15) is 0 Å². The topological polar surface area (TPSA) is 70.2 Å². The van der Waals surface area contributed by atoms with Crippen molar-refractivity contribution in [2.75, 3.05) is 6.54 Å². The van der Waals surface area contributed by atoms with Gasteiger partial charge in [0.1, 0.15) is 5.82 Å².